The first-order valence-electron chi connectivity index (χ1n) is 8.46. The van der Waals surface area contributed by atoms with E-state index >= 15 is 0 Å². The molecule has 0 saturated carbocycles. The van der Waals surface area contributed by atoms with Gasteiger partial charge in [0.1, 0.15) is 5.82 Å². The third kappa shape index (κ3) is 2.62. The van der Waals surface area contributed by atoms with Crippen LogP contribution in [0, 0.1) is 17.5 Å². The van der Waals surface area contributed by atoms with E-state index in [2.05, 4.69) is 9.55 Å². The van der Waals surface area contributed by atoms with Crippen molar-refractivity contribution in [2.24, 2.45) is 0 Å². The first kappa shape index (κ1) is 16.2. The normalized spacial score (nSPS) is 19.5. The van der Waals surface area contributed by atoms with Crippen LogP contribution in [-0.4, -0.2) is 22.0 Å². The van der Waals surface area contributed by atoms with Crippen LogP contribution in [0.5, 0.6) is 0 Å². The van der Waals surface area contributed by atoms with Crippen molar-refractivity contribution < 1.29 is 18.0 Å². The molecule has 1 aromatic carbocycles. The summed E-state index contributed by atoms with van der Waals surface area (Å²) in [6.45, 7) is 2.97. The van der Waals surface area contributed by atoms with Gasteiger partial charge in [-0.25, -0.2) is 18.2 Å². The van der Waals surface area contributed by atoms with Gasteiger partial charge in [0.05, 0.1) is 5.69 Å². The number of halogens is 3. The highest BCUT2D eigenvalue weighted by Gasteiger charge is 2.32. The molecule has 0 spiro atoms. The van der Waals surface area contributed by atoms with Crippen molar-refractivity contribution in [3.8, 4) is 0 Å². The van der Waals surface area contributed by atoms with Gasteiger partial charge in [-0.15, -0.1) is 0 Å². The first-order valence-corrected chi connectivity index (χ1v) is 8.46. The molecular weight excluding hydrogens is 331 g/mol. The van der Waals surface area contributed by atoms with Gasteiger partial charge < -0.3 is 4.57 Å². The van der Waals surface area contributed by atoms with Crippen LogP contribution in [0.25, 0.3) is 0 Å². The Bertz CT molecular complexity index is 862. The Hall–Kier alpha value is -2.31. The van der Waals surface area contributed by atoms with Gasteiger partial charge >= 0.3 is 0 Å². The molecule has 1 amide bonds. The fourth-order valence-corrected chi connectivity index (χ4v) is 3.95. The lowest BCUT2D eigenvalue weighted by Gasteiger charge is -2.28. The summed E-state index contributed by atoms with van der Waals surface area (Å²) in [7, 11) is 0. The maximum absolute atomic E-state index is 14.1. The summed E-state index contributed by atoms with van der Waals surface area (Å²) in [5.41, 5.74) is 2.09. The molecule has 2 aliphatic rings. The molecule has 0 fully saturated rings. The van der Waals surface area contributed by atoms with Crippen LogP contribution in [0.1, 0.15) is 42.6 Å². The van der Waals surface area contributed by atoms with E-state index in [-0.39, 0.29) is 17.4 Å². The molecule has 4 nitrogen and oxygen atoms in total. The fourth-order valence-electron chi connectivity index (χ4n) is 3.95. The summed E-state index contributed by atoms with van der Waals surface area (Å²) in [5.74, 6) is -2.57. The lowest BCUT2D eigenvalue weighted by Crippen LogP contribution is -2.36. The molecule has 2 heterocycles. The largest absolute Gasteiger partial charge is 0.314 e. The minimum Gasteiger partial charge on any atom is -0.314 e. The highest BCUT2D eigenvalue weighted by molar-refractivity contribution is 5.90. The zero-order chi connectivity index (χ0) is 17.7. The van der Waals surface area contributed by atoms with Crippen LogP contribution in [0.3, 0.4) is 0 Å². The number of hydrogen-bond donors (Lipinski definition) is 0. The summed E-state index contributed by atoms with van der Waals surface area (Å²) < 4.78 is 42.9. The zero-order valence-corrected chi connectivity index (χ0v) is 13.9. The molecule has 4 rings (SSSR count). The van der Waals surface area contributed by atoms with Crippen molar-refractivity contribution in [1.29, 1.82) is 0 Å². The predicted molar refractivity (Wildman–Crippen MR) is 86.0 cm³/mol. The summed E-state index contributed by atoms with van der Waals surface area (Å²) in [6, 6.07) is 1.56. The monoisotopic (exact) mass is 349 g/mol. The molecule has 1 aliphatic carbocycles. The highest BCUT2D eigenvalue weighted by atomic mass is 19.2. The molecule has 2 aromatic rings. The van der Waals surface area contributed by atoms with Crippen molar-refractivity contribution in [3.63, 3.8) is 0 Å². The summed E-state index contributed by atoms with van der Waals surface area (Å²) in [5, 5.41) is 0. The Kier molecular flexibility index (Phi) is 3.81. The van der Waals surface area contributed by atoms with E-state index in [9.17, 15) is 18.0 Å². The molecule has 0 N–H and O–H groups in total. The van der Waals surface area contributed by atoms with Gasteiger partial charge in [0.2, 0.25) is 11.9 Å². The Labute approximate surface area is 143 Å². The van der Waals surface area contributed by atoms with Gasteiger partial charge in [-0.3, -0.25) is 9.69 Å². The van der Waals surface area contributed by atoms with E-state index in [4.69, 9.17) is 0 Å². The first-order chi connectivity index (χ1) is 12.0. The molecule has 0 bridgehead atoms. The summed E-state index contributed by atoms with van der Waals surface area (Å²) in [6.07, 6.45) is 2.65. The van der Waals surface area contributed by atoms with Crippen molar-refractivity contribution in [1.82, 2.24) is 9.55 Å². The maximum atomic E-state index is 14.1. The van der Waals surface area contributed by atoms with E-state index in [0.29, 0.717) is 37.8 Å². The second-order valence-corrected chi connectivity index (χ2v) is 6.71. The number of carbonyl (C=O) groups excluding carboxylic acids is 1. The Balaban J connectivity index is 1.69. The van der Waals surface area contributed by atoms with Gasteiger partial charge in [0.25, 0.3) is 0 Å². The van der Waals surface area contributed by atoms with Crippen LogP contribution in [0.4, 0.5) is 19.1 Å². The van der Waals surface area contributed by atoms with E-state index in [1.54, 1.807) is 4.90 Å². The second-order valence-electron chi connectivity index (χ2n) is 6.71. The lowest BCUT2D eigenvalue weighted by atomic mass is 9.84. The molecule has 7 heteroatoms. The van der Waals surface area contributed by atoms with Gasteiger partial charge in [-0.1, -0.05) is 0 Å². The molecular formula is C18H18F3N3O. The maximum Gasteiger partial charge on any atom is 0.226 e. The van der Waals surface area contributed by atoms with E-state index in [1.807, 2.05) is 0 Å². The number of imidazole rings is 1. The van der Waals surface area contributed by atoms with E-state index in [1.165, 1.54) is 6.92 Å². The predicted octanol–water partition coefficient (Wildman–Crippen LogP) is 3.33. The highest BCUT2D eigenvalue weighted by Crippen LogP contribution is 2.37. The number of fused-ring (bicyclic) bond motifs is 3. The number of amides is 1. The van der Waals surface area contributed by atoms with Crippen LogP contribution in [0.15, 0.2) is 12.1 Å². The van der Waals surface area contributed by atoms with Crippen molar-refractivity contribution >= 4 is 11.9 Å². The van der Waals surface area contributed by atoms with Gasteiger partial charge in [0.15, 0.2) is 11.6 Å². The number of hydrogen-bond acceptors (Lipinski definition) is 2. The Morgan fingerprint density at radius 2 is 1.92 bits per heavy atom. The van der Waals surface area contributed by atoms with Crippen LogP contribution < -0.4 is 4.90 Å². The van der Waals surface area contributed by atoms with Crippen LogP contribution >= 0.6 is 0 Å². The minimum atomic E-state index is -1.17. The van der Waals surface area contributed by atoms with E-state index in [0.717, 1.165) is 30.4 Å². The van der Waals surface area contributed by atoms with Crippen LogP contribution in [0.2, 0.25) is 0 Å². The molecule has 1 aliphatic heterocycles. The number of rotatable bonds is 1. The minimum absolute atomic E-state index is 0.0495. The Morgan fingerprint density at radius 3 is 2.68 bits per heavy atom. The van der Waals surface area contributed by atoms with Gasteiger partial charge in [-0.05, 0) is 43.2 Å². The number of aromatic nitrogens is 2. The molecule has 1 unspecified atom stereocenters. The third-order valence-corrected chi connectivity index (χ3v) is 5.17. The molecule has 132 valence electrons. The number of carbonyl (C=O) groups is 1. The summed E-state index contributed by atoms with van der Waals surface area (Å²) >= 11 is 0. The molecule has 0 saturated heterocycles. The molecule has 1 aromatic heterocycles. The Morgan fingerprint density at radius 1 is 1.16 bits per heavy atom. The zero-order valence-electron chi connectivity index (χ0n) is 13.9. The second kappa shape index (κ2) is 5.89. The third-order valence-electron chi connectivity index (χ3n) is 5.17. The number of anilines is 1. The number of nitrogens with zero attached hydrogens (tertiary/aromatic N) is 3. The van der Waals surface area contributed by atoms with Gasteiger partial charge in [0, 0.05) is 31.8 Å². The topological polar surface area (TPSA) is 38.1 Å². The van der Waals surface area contributed by atoms with Crippen LogP contribution in [-0.2, 0) is 24.2 Å². The van der Waals surface area contributed by atoms with Crippen molar-refractivity contribution in [2.75, 3.05) is 11.4 Å². The lowest BCUT2D eigenvalue weighted by molar-refractivity contribution is -0.116. The molecule has 1 atom stereocenters. The van der Waals surface area contributed by atoms with Gasteiger partial charge in [-0.2, -0.15) is 0 Å². The molecule has 0 radical (unpaired) electrons. The van der Waals surface area contributed by atoms with Crippen molar-refractivity contribution in [2.45, 2.75) is 45.1 Å². The fraction of sp³-hybridized carbons (Fsp3) is 0.444. The van der Waals surface area contributed by atoms with Crippen molar-refractivity contribution in [3.05, 3.63) is 46.5 Å². The quantitative estimate of drug-likeness (QED) is 0.741. The standard InChI is InChI=1S/C18H18F3N3O/c1-10(25)23-5-2-6-24-17-4-3-11(7-16(17)22-18(23)24)12-8-14(20)15(21)9-13(12)19/h8-9,11H,2-7H2,1H3. The number of benzene rings is 1. The average molecular weight is 349 g/mol. The summed E-state index contributed by atoms with van der Waals surface area (Å²) in [4.78, 5) is 18.1. The average Bonchev–Trinajstić information content (AvgIpc) is 2.95. The smallest absolute Gasteiger partial charge is 0.226 e. The SMILES string of the molecule is CC(=O)N1CCCn2c1nc1c2CCC(c2cc(F)c(F)cc2F)C1. The molecule has 25 heavy (non-hydrogen) atoms. The van der Waals surface area contributed by atoms with E-state index < -0.39 is 17.5 Å².